The molecule has 28 heavy (non-hydrogen) atoms. The lowest BCUT2D eigenvalue weighted by molar-refractivity contribution is 0.285. The average Bonchev–Trinajstić information content (AvgIpc) is 2.72. The van der Waals surface area contributed by atoms with Crippen molar-refractivity contribution in [3.05, 3.63) is 41.7 Å². The van der Waals surface area contributed by atoms with Crippen molar-refractivity contribution in [2.75, 3.05) is 6.61 Å². The summed E-state index contributed by atoms with van der Waals surface area (Å²) in [6, 6.07) is 2.95. The van der Waals surface area contributed by atoms with E-state index in [0.717, 1.165) is 37.7 Å². The second kappa shape index (κ2) is 12.4. The van der Waals surface area contributed by atoms with E-state index < -0.39 is 11.6 Å². The molecule has 0 radical (unpaired) electrons. The Morgan fingerprint density at radius 3 is 2.11 bits per heavy atom. The van der Waals surface area contributed by atoms with Crippen LogP contribution in [0.1, 0.15) is 77.2 Å². The van der Waals surface area contributed by atoms with Gasteiger partial charge < -0.3 is 4.74 Å². The number of aromatic nitrogens is 2. The highest BCUT2D eigenvalue weighted by molar-refractivity contribution is 5.57. The zero-order chi connectivity index (χ0) is 20.2. The first-order valence-electron chi connectivity index (χ1n) is 10.6. The molecule has 0 aliphatic carbocycles. The van der Waals surface area contributed by atoms with Gasteiger partial charge in [0.2, 0.25) is 5.82 Å². The van der Waals surface area contributed by atoms with Gasteiger partial charge in [0.1, 0.15) is 0 Å². The molecular weight excluding hydrogens is 358 g/mol. The molecule has 0 saturated carbocycles. The van der Waals surface area contributed by atoms with Crippen molar-refractivity contribution >= 4 is 0 Å². The molecule has 0 aliphatic heterocycles. The van der Waals surface area contributed by atoms with Gasteiger partial charge in [-0.25, -0.2) is 14.4 Å². The van der Waals surface area contributed by atoms with Gasteiger partial charge in [0, 0.05) is 12.4 Å². The summed E-state index contributed by atoms with van der Waals surface area (Å²) >= 11 is 0. The number of halogens is 2. The van der Waals surface area contributed by atoms with E-state index in [1.165, 1.54) is 44.2 Å². The van der Waals surface area contributed by atoms with Crippen LogP contribution in [0.15, 0.2) is 24.5 Å². The van der Waals surface area contributed by atoms with Gasteiger partial charge in [-0.3, -0.25) is 0 Å². The molecule has 2 aromatic rings. The highest BCUT2D eigenvalue weighted by Gasteiger charge is 2.17. The summed E-state index contributed by atoms with van der Waals surface area (Å²) < 4.78 is 34.2. The van der Waals surface area contributed by atoms with Gasteiger partial charge in [0.05, 0.1) is 12.2 Å². The Bertz CT molecular complexity index is 704. The fourth-order valence-electron chi connectivity index (χ4n) is 3.08. The third-order valence-corrected chi connectivity index (χ3v) is 4.82. The number of hydrogen-bond donors (Lipinski definition) is 0. The standard InChI is InChI=1S/C23H32F2N2O/c1-3-5-7-9-11-15-28-20-14-13-19(21(24)22(20)25)23-26-16-18(17-27-23)12-10-8-6-4-2/h13-14,16-17H,3-12,15H2,1-2H3. The fourth-order valence-corrected chi connectivity index (χ4v) is 3.08. The zero-order valence-electron chi connectivity index (χ0n) is 17.1. The van der Waals surface area contributed by atoms with Gasteiger partial charge >= 0.3 is 0 Å². The number of unbranched alkanes of at least 4 members (excludes halogenated alkanes) is 7. The number of rotatable bonds is 13. The van der Waals surface area contributed by atoms with E-state index in [4.69, 9.17) is 4.74 Å². The molecule has 5 heteroatoms. The predicted octanol–water partition coefficient (Wildman–Crippen LogP) is 6.89. The molecule has 3 nitrogen and oxygen atoms in total. The Labute approximate surface area is 167 Å². The molecule has 0 spiro atoms. The smallest absolute Gasteiger partial charge is 0.201 e. The topological polar surface area (TPSA) is 35.0 Å². The van der Waals surface area contributed by atoms with Crippen LogP contribution in [0.3, 0.4) is 0 Å². The third kappa shape index (κ3) is 6.84. The van der Waals surface area contributed by atoms with Gasteiger partial charge in [0.15, 0.2) is 17.4 Å². The average molecular weight is 391 g/mol. The molecule has 0 aliphatic rings. The van der Waals surface area contributed by atoms with Crippen molar-refractivity contribution in [2.24, 2.45) is 0 Å². The van der Waals surface area contributed by atoms with Crippen LogP contribution in [0.25, 0.3) is 11.4 Å². The summed E-state index contributed by atoms with van der Waals surface area (Å²) in [5, 5.41) is 0. The van der Waals surface area contributed by atoms with Crippen LogP contribution in [-0.4, -0.2) is 16.6 Å². The highest BCUT2D eigenvalue weighted by atomic mass is 19.2. The minimum atomic E-state index is -0.974. The number of hydrogen-bond acceptors (Lipinski definition) is 3. The van der Waals surface area contributed by atoms with Crippen molar-refractivity contribution in [3.63, 3.8) is 0 Å². The molecule has 1 aromatic carbocycles. The summed E-state index contributed by atoms with van der Waals surface area (Å²) in [7, 11) is 0. The van der Waals surface area contributed by atoms with Crippen LogP contribution >= 0.6 is 0 Å². The van der Waals surface area contributed by atoms with Crippen LogP contribution in [0.2, 0.25) is 0 Å². The Hall–Kier alpha value is -2.04. The highest BCUT2D eigenvalue weighted by Crippen LogP contribution is 2.28. The first kappa shape index (κ1) is 22.3. The molecular formula is C23H32F2N2O. The second-order valence-corrected chi connectivity index (χ2v) is 7.23. The molecule has 0 atom stereocenters. The van der Waals surface area contributed by atoms with Crippen LogP contribution < -0.4 is 4.74 Å². The molecule has 1 heterocycles. The maximum Gasteiger partial charge on any atom is 0.201 e. The lowest BCUT2D eigenvalue weighted by Crippen LogP contribution is -2.03. The van der Waals surface area contributed by atoms with Crippen molar-refractivity contribution < 1.29 is 13.5 Å². The van der Waals surface area contributed by atoms with Gasteiger partial charge in [0.25, 0.3) is 0 Å². The third-order valence-electron chi connectivity index (χ3n) is 4.82. The molecule has 1 aromatic heterocycles. The van der Waals surface area contributed by atoms with E-state index in [1.54, 1.807) is 12.4 Å². The quantitative estimate of drug-likeness (QED) is 0.349. The zero-order valence-corrected chi connectivity index (χ0v) is 17.1. The first-order chi connectivity index (χ1) is 13.7. The predicted molar refractivity (Wildman–Crippen MR) is 109 cm³/mol. The van der Waals surface area contributed by atoms with E-state index in [9.17, 15) is 8.78 Å². The van der Waals surface area contributed by atoms with E-state index in [2.05, 4.69) is 23.8 Å². The number of ether oxygens (including phenoxy) is 1. The number of benzene rings is 1. The number of nitrogens with zero attached hydrogens (tertiary/aromatic N) is 2. The van der Waals surface area contributed by atoms with Crippen molar-refractivity contribution in [1.29, 1.82) is 0 Å². The lowest BCUT2D eigenvalue weighted by atomic mass is 10.1. The number of aryl methyl sites for hydroxylation is 1. The molecule has 2 rings (SSSR count). The normalized spacial score (nSPS) is 11.0. The van der Waals surface area contributed by atoms with Crippen LogP contribution in [0.5, 0.6) is 5.75 Å². The van der Waals surface area contributed by atoms with Gasteiger partial charge in [-0.05, 0) is 37.0 Å². The van der Waals surface area contributed by atoms with Crippen molar-refractivity contribution in [3.8, 4) is 17.1 Å². The van der Waals surface area contributed by atoms with E-state index >= 15 is 0 Å². The monoisotopic (exact) mass is 390 g/mol. The fraction of sp³-hybridized carbons (Fsp3) is 0.565. The summed E-state index contributed by atoms with van der Waals surface area (Å²) in [6.07, 6.45) is 14.4. The molecule has 0 fully saturated rings. The molecule has 0 N–H and O–H groups in total. The molecule has 0 amide bonds. The maximum absolute atomic E-state index is 14.5. The Kier molecular flexibility index (Phi) is 9.87. The van der Waals surface area contributed by atoms with Crippen LogP contribution in [-0.2, 0) is 6.42 Å². The lowest BCUT2D eigenvalue weighted by Gasteiger charge is -2.10. The van der Waals surface area contributed by atoms with Gasteiger partial charge in [-0.15, -0.1) is 0 Å². The molecule has 0 bridgehead atoms. The Balaban J connectivity index is 1.94. The van der Waals surface area contributed by atoms with Crippen LogP contribution in [0.4, 0.5) is 8.78 Å². The van der Waals surface area contributed by atoms with E-state index in [1.807, 2.05) is 0 Å². The molecule has 154 valence electrons. The first-order valence-corrected chi connectivity index (χ1v) is 10.6. The second-order valence-electron chi connectivity index (χ2n) is 7.23. The van der Waals surface area contributed by atoms with Gasteiger partial charge in [-0.1, -0.05) is 58.8 Å². The summed E-state index contributed by atoms with van der Waals surface area (Å²) in [4.78, 5) is 8.45. The molecule has 0 saturated heterocycles. The Morgan fingerprint density at radius 2 is 1.43 bits per heavy atom. The SMILES string of the molecule is CCCCCCCOc1ccc(-c2ncc(CCCCCC)cn2)c(F)c1F. The minimum absolute atomic E-state index is 0.0516. The summed E-state index contributed by atoms with van der Waals surface area (Å²) in [6.45, 7) is 4.72. The maximum atomic E-state index is 14.5. The van der Waals surface area contributed by atoms with E-state index in [-0.39, 0.29) is 17.1 Å². The van der Waals surface area contributed by atoms with Crippen molar-refractivity contribution in [2.45, 2.75) is 78.1 Å². The van der Waals surface area contributed by atoms with E-state index in [0.29, 0.717) is 6.61 Å². The van der Waals surface area contributed by atoms with Gasteiger partial charge in [-0.2, -0.15) is 4.39 Å². The largest absolute Gasteiger partial charge is 0.490 e. The summed E-state index contributed by atoms with van der Waals surface area (Å²) in [5.41, 5.74) is 1.08. The Morgan fingerprint density at radius 1 is 0.786 bits per heavy atom. The van der Waals surface area contributed by atoms with Crippen LogP contribution in [0, 0.1) is 11.6 Å². The minimum Gasteiger partial charge on any atom is -0.490 e. The summed E-state index contributed by atoms with van der Waals surface area (Å²) in [5.74, 6) is -1.79. The molecule has 0 unspecified atom stereocenters. The van der Waals surface area contributed by atoms with Crippen molar-refractivity contribution in [1.82, 2.24) is 9.97 Å².